The Balaban J connectivity index is -0.0000000352. The Morgan fingerprint density at radius 2 is 1.04 bits per heavy atom. The minimum Gasteiger partial charge on any atom is -0.453 e. The van der Waals surface area contributed by atoms with E-state index >= 15 is 0 Å². The summed E-state index contributed by atoms with van der Waals surface area (Å²) in [7, 11) is 2.33. The molecule has 3 aromatic rings. The number of nitrogens with two attached hydrogens (primary N) is 1. The van der Waals surface area contributed by atoms with Gasteiger partial charge in [0.05, 0.1) is 12.0 Å². The number of para-hydroxylation sites is 3. The third kappa shape index (κ3) is 49.0. The van der Waals surface area contributed by atoms with Gasteiger partial charge in [0.25, 0.3) is 11.5 Å². The van der Waals surface area contributed by atoms with Gasteiger partial charge >= 0.3 is 6.09 Å². The Morgan fingerprint density at radius 1 is 0.733 bits per heavy atom. The molecule has 0 aromatic heterocycles. The van der Waals surface area contributed by atoms with Gasteiger partial charge in [-0.05, 0) is 24.3 Å². The summed E-state index contributed by atoms with van der Waals surface area (Å²) in [6, 6.07) is 26.6. The topological polar surface area (TPSA) is 305 Å². The molecule has 1 amide bonds. The molecule has 45 heavy (non-hydrogen) atoms. The van der Waals surface area contributed by atoms with Gasteiger partial charge in [0.2, 0.25) is 0 Å². The van der Waals surface area contributed by atoms with Crippen LogP contribution in [0.5, 0.6) is 0 Å². The minimum atomic E-state index is -1.02. The monoisotopic (exact) mass is 651 g/mol. The largest absolute Gasteiger partial charge is 0.453 e. The molecule has 0 saturated heterocycles. The molecule has 0 aliphatic carbocycles. The maximum atomic E-state index is 10.6. The van der Waals surface area contributed by atoms with Crippen molar-refractivity contribution in [2.45, 2.75) is 43.6 Å². The van der Waals surface area contributed by atoms with Crippen molar-refractivity contribution < 1.29 is 55.8 Å². The molecule has 0 fully saturated rings. The van der Waals surface area contributed by atoms with Crippen LogP contribution in [0.15, 0.2) is 91.0 Å². The summed E-state index contributed by atoms with van der Waals surface area (Å²) in [6.07, 6.45) is -0.517. The molecule has 12 N–H and O–H groups in total. The fraction of sp³-hybridized carbons (Fsp3) is 0.267. The van der Waals surface area contributed by atoms with Gasteiger partial charge < -0.3 is 37.5 Å². The predicted octanol–water partition coefficient (Wildman–Crippen LogP) is 3.56. The first-order valence-corrected chi connectivity index (χ1v) is 10.6. The van der Waals surface area contributed by atoms with Crippen molar-refractivity contribution in [3.8, 4) is 0 Å². The summed E-state index contributed by atoms with van der Waals surface area (Å²) < 4.78 is 4.40. The lowest BCUT2D eigenvalue weighted by Crippen LogP contribution is -2.10. The van der Waals surface area contributed by atoms with Crippen LogP contribution in [0, 0.1) is 10.1 Å². The van der Waals surface area contributed by atoms with E-state index in [0.29, 0.717) is 0 Å². The second-order valence-electron chi connectivity index (χ2n) is 5.62. The molecule has 0 unspecified atom stereocenters. The lowest BCUT2D eigenvalue weighted by Gasteiger charge is -2.01. The summed E-state index contributed by atoms with van der Waals surface area (Å²) in [4.78, 5) is 48.0. The van der Waals surface area contributed by atoms with Crippen molar-refractivity contribution in [3.63, 3.8) is 0 Å². The van der Waals surface area contributed by atoms with Crippen molar-refractivity contribution in [3.05, 3.63) is 101 Å². The molecule has 264 valence electrons. The highest BCUT2D eigenvalue weighted by molar-refractivity contribution is 6.50. The van der Waals surface area contributed by atoms with Crippen LogP contribution in [0.3, 0.4) is 0 Å². The van der Waals surface area contributed by atoms with Crippen molar-refractivity contribution in [2.75, 3.05) is 25.3 Å². The van der Waals surface area contributed by atoms with Crippen molar-refractivity contribution in [2.24, 2.45) is 0 Å². The van der Waals surface area contributed by atoms with Crippen LogP contribution in [-0.4, -0.2) is 70.6 Å². The molecule has 0 heterocycles. The van der Waals surface area contributed by atoms with E-state index in [1.54, 1.807) is 30.3 Å². The highest BCUT2D eigenvalue weighted by atomic mass is 16.6. The molecular formula is C30H57N3O12. The number of rotatable bonds is 4. The van der Waals surface area contributed by atoms with Gasteiger partial charge in [-0.25, -0.2) is 4.79 Å². The molecule has 0 radical (unpaired) electrons. The van der Waals surface area contributed by atoms with E-state index in [2.05, 4.69) is 10.1 Å². The van der Waals surface area contributed by atoms with Crippen LogP contribution in [0.25, 0.3) is 0 Å². The van der Waals surface area contributed by atoms with Crippen LogP contribution < -0.4 is 11.1 Å². The van der Waals surface area contributed by atoms with E-state index in [-0.39, 0.29) is 69.9 Å². The number of methoxy groups -OCH3 is 1. The number of aliphatic hydroxyl groups is 1. The smallest absolute Gasteiger partial charge is 0.411 e. The lowest BCUT2D eigenvalue weighted by molar-refractivity contribution is -0.384. The van der Waals surface area contributed by atoms with Gasteiger partial charge in [0.1, 0.15) is 0 Å². The number of nitro groups is 1. The number of hydrogen-bond acceptors (Lipinski definition) is 9. The van der Waals surface area contributed by atoms with Crippen LogP contribution in [0.4, 0.5) is 21.9 Å². The second kappa shape index (κ2) is 54.9. The van der Waals surface area contributed by atoms with Gasteiger partial charge in [-0.1, -0.05) is 98.2 Å². The maximum Gasteiger partial charge on any atom is 0.411 e. The number of nitrogens with zero attached hydrogens (tertiary/aromatic N) is 1. The first-order chi connectivity index (χ1) is 17.8. The molecule has 3 aromatic carbocycles. The Bertz CT molecular complexity index is 987. The molecule has 0 aliphatic heterocycles. The first kappa shape index (κ1) is 72.3. The summed E-state index contributed by atoms with van der Waals surface area (Å²) >= 11 is 0. The number of Topliss-reactive ketones (excluding diaryl/α,β-unsaturated/α-hetero) is 1. The Kier molecular flexibility index (Phi) is 88.3. The van der Waals surface area contributed by atoms with Crippen molar-refractivity contribution >= 4 is 41.5 Å². The minimum absolute atomic E-state index is 0. The molecule has 0 bridgehead atoms. The van der Waals surface area contributed by atoms with Gasteiger partial charge in [0.15, 0.2) is 12.6 Å². The molecule has 0 saturated carbocycles. The third-order valence-electron chi connectivity index (χ3n) is 3.20. The number of hydrogen-bond donors (Lipinski definition) is 3. The van der Waals surface area contributed by atoms with Crippen LogP contribution in [0.2, 0.25) is 0 Å². The normalized spacial score (nSPS) is 6.42. The van der Waals surface area contributed by atoms with E-state index in [1.807, 2.05) is 62.4 Å². The fourth-order valence-electron chi connectivity index (χ4n) is 1.72. The number of amides is 1. The van der Waals surface area contributed by atoms with Crippen LogP contribution in [0.1, 0.15) is 43.6 Å². The number of ketones is 1. The number of benzene rings is 3. The zero-order valence-electron chi connectivity index (χ0n) is 23.1. The van der Waals surface area contributed by atoms with E-state index in [4.69, 9.17) is 20.4 Å². The number of aldehydes is 2. The van der Waals surface area contributed by atoms with E-state index in [0.717, 1.165) is 18.5 Å². The summed E-state index contributed by atoms with van der Waals surface area (Å²) in [5, 5.41) is 19.5. The first-order valence-electron chi connectivity index (χ1n) is 10.6. The second-order valence-corrected chi connectivity index (χ2v) is 5.62. The lowest BCUT2D eigenvalue weighted by atomic mass is 10.3. The fourth-order valence-corrected chi connectivity index (χ4v) is 1.72. The predicted molar refractivity (Wildman–Crippen MR) is 184 cm³/mol. The quantitative estimate of drug-likeness (QED) is 0.0925. The van der Waals surface area contributed by atoms with Crippen molar-refractivity contribution in [1.29, 1.82) is 0 Å². The van der Waals surface area contributed by atoms with Gasteiger partial charge in [-0.2, -0.15) is 0 Å². The number of anilines is 2. The number of carbonyl (C=O) groups is 4. The molecular weight excluding hydrogens is 594 g/mol. The zero-order chi connectivity index (χ0) is 28.9. The number of non-ortho nitro benzene ring substituents is 1. The number of aliphatic hydroxyl groups excluding tert-OH is 1. The zero-order valence-corrected chi connectivity index (χ0v) is 23.1. The highest BCUT2D eigenvalue weighted by Gasteiger charge is 1.98. The van der Waals surface area contributed by atoms with Crippen LogP contribution >= 0.6 is 0 Å². The number of nitrogens with one attached hydrogen (secondary N) is 1. The van der Waals surface area contributed by atoms with Gasteiger partial charge in [-0.15, -0.1) is 0 Å². The number of carbonyl (C=O) groups excluding carboxylic acids is 4. The highest BCUT2D eigenvalue weighted by Crippen LogP contribution is 2.07. The molecule has 0 aliphatic rings. The van der Waals surface area contributed by atoms with Crippen molar-refractivity contribution in [1.82, 2.24) is 0 Å². The molecule has 3 rings (SSSR count). The average molecular weight is 652 g/mol. The summed E-state index contributed by atoms with van der Waals surface area (Å²) in [5.41, 5.74) is 7.05. The molecule has 0 atom stereocenters. The number of nitro benzene ring substituents is 1. The number of nitrogen functional groups attached to an aromatic ring is 1. The van der Waals surface area contributed by atoms with Crippen LogP contribution in [-0.2, 0) is 19.1 Å². The Morgan fingerprint density at radius 3 is 1.24 bits per heavy atom. The van der Waals surface area contributed by atoms with E-state index in [9.17, 15) is 19.7 Å². The Labute approximate surface area is 267 Å². The maximum absolute atomic E-state index is 10.6. The van der Waals surface area contributed by atoms with E-state index in [1.165, 1.54) is 19.2 Å². The molecule has 15 heteroatoms. The van der Waals surface area contributed by atoms with E-state index < -0.39 is 16.8 Å². The standard InChI is InChI=1S/C8H9NO2.C6H5NO2.C6H7N.C3H2O3.C2H6.CH4O.4CH4.4H2O/c1-11-8(10)9-7-5-3-2-4-6-7;8-7(9)6-4-2-1-3-5-6;7-6-4-2-1-3-5-6;4-1-3(6)2-5;2*1-2;;;;;;;;/h2-6H,1H3,(H,9,10);1-5H;1-5H,7H2;1-2H;1-2H3;2H,1H3;4*1H4;4*1H2. The van der Waals surface area contributed by atoms with Gasteiger partial charge in [-0.3, -0.25) is 29.8 Å². The number of ether oxygens (including phenoxy) is 1. The summed E-state index contributed by atoms with van der Waals surface area (Å²) in [5.74, 6) is -1.02. The SMILES string of the molecule is C.C.C.C.CC.CO.COC(=O)Nc1ccccc1.Nc1ccccc1.O.O.O.O.O=CC(=O)C=O.O=[N+]([O-])c1ccccc1. The summed E-state index contributed by atoms with van der Waals surface area (Å²) in [6.45, 7) is 4.00. The third-order valence-corrected chi connectivity index (χ3v) is 3.20. The Hall–Kier alpha value is -5.06. The molecule has 15 nitrogen and oxygen atoms in total. The van der Waals surface area contributed by atoms with Gasteiger partial charge in [0, 0.05) is 30.6 Å². The average Bonchev–Trinajstić information content (AvgIpc) is 2.97. The molecule has 0 spiro atoms.